The van der Waals surface area contributed by atoms with Crippen molar-refractivity contribution < 1.29 is 17.9 Å². The average molecular weight is 388 g/mol. The van der Waals surface area contributed by atoms with Crippen molar-refractivity contribution in [3.8, 4) is 11.5 Å². The van der Waals surface area contributed by atoms with Crippen LogP contribution in [0.4, 0.5) is 5.69 Å². The topological polar surface area (TPSA) is 55.8 Å². The molecule has 0 radical (unpaired) electrons. The van der Waals surface area contributed by atoms with Gasteiger partial charge in [-0.25, -0.2) is 8.42 Å². The highest BCUT2D eigenvalue weighted by Crippen LogP contribution is 2.44. The lowest BCUT2D eigenvalue weighted by molar-refractivity contribution is 0.152. The Hall–Kier alpha value is -2.21. The maximum absolute atomic E-state index is 13.7. The first-order chi connectivity index (χ1) is 13.0. The zero-order valence-electron chi connectivity index (χ0n) is 15.7. The molecule has 2 aromatic carbocycles. The Labute approximate surface area is 161 Å². The Kier molecular flexibility index (Phi) is 4.76. The second kappa shape index (κ2) is 7.08. The number of hydrogen-bond donors (Lipinski definition) is 0. The molecule has 1 saturated carbocycles. The molecule has 4 rings (SSSR count). The lowest BCUT2D eigenvalue weighted by Crippen LogP contribution is -2.51. The lowest BCUT2D eigenvalue weighted by Gasteiger charge is -2.42. The van der Waals surface area contributed by atoms with Gasteiger partial charge in [-0.2, -0.15) is 0 Å². The van der Waals surface area contributed by atoms with Crippen molar-refractivity contribution in [2.45, 2.75) is 56.1 Å². The third-order valence-electron chi connectivity index (χ3n) is 5.48. The number of ether oxygens (including phenoxy) is 2. The molecule has 2 aliphatic rings. The van der Waals surface area contributed by atoms with Gasteiger partial charge in [0.05, 0.1) is 23.7 Å². The highest BCUT2D eigenvalue weighted by molar-refractivity contribution is 7.92. The summed E-state index contributed by atoms with van der Waals surface area (Å²) < 4.78 is 40.5. The molecular formula is C21H25NO4S. The van der Waals surface area contributed by atoms with E-state index in [-0.39, 0.29) is 12.1 Å². The maximum Gasteiger partial charge on any atom is 0.264 e. The molecular weight excluding hydrogens is 362 g/mol. The minimum absolute atomic E-state index is 0.117. The number of anilines is 1. The third kappa shape index (κ3) is 3.27. The first-order valence-corrected chi connectivity index (χ1v) is 10.9. The third-order valence-corrected chi connectivity index (χ3v) is 7.33. The van der Waals surface area contributed by atoms with E-state index in [1.165, 1.54) is 0 Å². The normalized spacial score (nSPS) is 22.2. The van der Waals surface area contributed by atoms with Crippen molar-refractivity contribution in [1.29, 1.82) is 0 Å². The molecule has 1 fully saturated rings. The summed E-state index contributed by atoms with van der Waals surface area (Å²) in [7, 11) is -2.12. The number of hydrogen-bond acceptors (Lipinski definition) is 4. The fraction of sp³-hybridized carbons (Fsp3) is 0.429. The van der Waals surface area contributed by atoms with Crippen molar-refractivity contribution in [2.24, 2.45) is 0 Å². The van der Waals surface area contributed by atoms with Gasteiger partial charge in [0.25, 0.3) is 10.0 Å². The predicted octanol–water partition coefficient (Wildman–Crippen LogP) is 4.29. The fourth-order valence-electron chi connectivity index (χ4n) is 4.03. The lowest BCUT2D eigenvalue weighted by atomic mass is 10.0. The molecule has 2 atom stereocenters. The van der Waals surface area contributed by atoms with Crippen LogP contribution in [0.3, 0.4) is 0 Å². The Morgan fingerprint density at radius 1 is 1.04 bits per heavy atom. The molecule has 5 nitrogen and oxygen atoms in total. The van der Waals surface area contributed by atoms with Crippen molar-refractivity contribution in [1.82, 2.24) is 0 Å². The zero-order valence-corrected chi connectivity index (χ0v) is 16.5. The van der Waals surface area contributed by atoms with Crippen LogP contribution < -0.4 is 13.8 Å². The summed E-state index contributed by atoms with van der Waals surface area (Å²) in [6, 6.07) is 12.2. The molecule has 0 aromatic heterocycles. The Bertz CT molecular complexity index is 924. The van der Waals surface area contributed by atoms with Crippen molar-refractivity contribution in [3.63, 3.8) is 0 Å². The smallest absolute Gasteiger partial charge is 0.264 e. The van der Waals surface area contributed by atoms with Gasteiger partial charge < -0.3 is 9.47 Å². The molecule has 1 heterocycles. The molecule has 1 aliphatic heterocycles. The maximum atomic E-state index is 13.7. The predicted molar refractivity (Wildman–Crippen MR) is 105 cm³/mol. The van der Waals surface area contributed by atoms with E-state index < -0.39 is 10.0 Å². The Morgan fingerprint density at radius 2 is 1.78 bits per heavy atom. The van der Waals surface area contributed by atoms with E-state index in [0.29, 0.717) is 22.1 Å². The van der Waals surface area contributed by atoms with Gasteiger partial charge in [0.1, 0.15) is 17.6 Å². The van der Waals surface area contributed by atoms with Crippen LogP contribution in [0.2, 0.25) is 0 Å². The summed E-state index contributed by atoms with van der Waals surface area (Å²) >= 11 is 0. The molecule has 0 spiro atoms. The van der Waals surface area contributed by atoms with Gasteiger partial charge >= 0.3 is 0 Å². The van der Waals surface area contributed by atoms with Crippen LogP contribution in [0.1, 0.15) is 37.7 Å². The number of sulfonamides is 1. The quantitative estimate of drug-likeness (QED) is 0.788. The van der Waals surface area contributed by atoms with Gasteiger partial charge in [-0.15, -0.1) is 0 Å². The van der Waals surface area contributed by atoms with Gasteiger partial charge in [0.15, 0.2) is 0 Å². The van der Waals surface area contributed by atoms with Crippen LogP contribution in [0.5, 0.6) is 11.5 Å². The Balaban J connectivity index is 1.87. The summed E-state index contributed by atoms with van der Waals surface area (Å²) in [4.78, 5) is 0.312. The first-order valence-electron chi connectivity index (χ1n) is 9.46. The fourth-order valence-corrected chi connectivity index (χ4v) is 5.74. The van der Waals surface area contributed by atoms with Gasteiger partial charge in [-0.05, 0) is 50.5 Å². The molecule has 2 aromatic rings. The summed E-state index contributed by atoms with van der Waals surface area (Å²) in [5, 5.41) is 0. The second-order valence-corrected chi connectivity index (χ2v) is 9.12. The van der Waals surface area contributed by atoms with Crippen molar-refractivity contribution in [2.75, 3.05) is 11.4 Å². The molecule has 0 unspecified atom stereocenters. The number of fused-ring (bicyclic) bond motifs is 2. The van der Waals surface area contributed by atoms with E-state index >= 15 is 0 Å². The zero-order chi connectivity index (χ0) is 19.0. The average Bonchev–Trinajstić information content (AvgIpc) is 2.90. The minimum atomic E-state index is -3.71. The van der Waals surface area contributed by atoms with Crippen LogP contribution in [-0.4, -0.2) is 27.7 Å². The van der Waals surface area contributed by atoms with E-state index in [1.54, 1.807) is 29.6 Å². The molecule has 144 valence electrons. The number of aryl methyl sites for hydroxylation is 1. The van der Waals surface area contributed by atoms with Gasteiger partial charge in [-0.3, -0.25) is 4.31 Å². The molecule has 0 N–H and O–H groups in total. The molecule has 0 bridgehead atoms. The number of methoxy groups -OCH3 is 1. The highest BCUT2D eigenvalue weighted by Gasteiger charge is 2.43. The van der Waals surface area contributed by atoms with Crippen LogP contribution in [0.15, 0.2) is 47.4 Å². The van der Waals surface area contributed by atoms with E-state index in [4.69, 9.17) is 9.47 Å². The standard InChI is InChI=1S/C21H25NO4S/c1-15-8-11-17(12-9-15)27(23,24)22-18-6-4-3-5-7-20(18)26-21-13-10-16(25-2)14-19(21)22/h8-14,18,20H,3-7H2,1-2H3/t18-,20-/m1/s1. The molecule has 6 heteroatoms. The summed E-state index contributed by atoms with van der Waals surface area (Å²) in [5.41, 5.74) is 1.60. The summed E-state index contributed by atoms with van der Waals surface area (Å²) in [6.45, 7) is 1.95. The number of nitrogens with zero attached hydrogens (tertiary/aromatic N) is 1. The minimum Gasteiger partial charge on any atom is -0.497 e. The number of benzene rings is 2. The molecule has 1 aliphatic carbocycles. The first kappa shape index (κ1) is 18.2. The highest BCUT2D eigenvalue weighted by atomic mass is 32.2. The van der Waals surface area contributed by atoms with E-state index in [1.807, 2.05) is 31.2 Å². The van der Waals surface area contributed by atoms with Crippen LogP contribution in [-0.2, 0) is 10.0 Å². The van der Waals surface area contributed by atoms with Gasteiger partial charge in [0, 0.05) is 6.07 Å². The van der Waals surface area contributed by atoms with Crippen molar-refractivity contribution in [3.05, 3.63) is 48.0 Å². The number of rotatable bonds is 3. The van der Waals surface area contributed by atoms with E-state index in [0.717, 1.165) is 37.7 Å². The monoisotopic (exact) mass is 387 g/mol. The van der Waals surface area contributed by atoms with Crippen LogP contribution in [0, 0.1) is 6.92 Å². The Morgan fingerprint density at radius 3 is 2.52 bits per heavy atom. The molecule has 0 saturated heterocycles. The van der Waals surface area contributed by atoms with Crippen LogP contribution in [0.25, 0.3) is 0 Å². The SMILES string of the molecule is COc1ccc2c(c1)N(S(=O)(=O)c1ccc(C)cc1)[C@@H]1CCCCC[C@H]1O2. The van der Waals surface area contributed by atoms with E-state index in [9.17, 15) is 8.42 Å². The molecule has 27 heavy (non-hydrogen) atoms. The summed E-state index contributed by atoms with van der Waals surface area (Å²) in [6.07, 6.45) is 4.72. The largest absolute Gasteiger partial charge is 0.497 e. The summed E-state index contributed by atoms with van der Waals surface area (Å²) in [5.74, 6) is 1.23. The van der Waals surface area contributed by atoms with Gasteiger partial charge in [-0.1, -0.05) is 30.5 Å². The molecule has 0 amide bonds. The van der Waals surface area contributed by atoms with Gasteiger partial charge in [0.2, 0.25) is 0 Å². The van der Waals surface area contributed by atoms with Crippen molar-refractivity contribution >= 4 is 15.7 Å². The second-order valence-electron chi connectivity index (χ2n) is 7.31. The van der Waals surface area contributed by atoms with Crippen LogP contribution >= 0.6 is 0 Å². The van der Waals surface area contributed by atoms with E-state index in [2.05, 4.69) is 0 Å².